The Hall–Kier alpha value is -3.25. The molecule has 0 spiro atoms. The molecule has 7 heteroatoms. The van der Waals surface area contributed by atoms with Crippen LogP contribution >= 0.6 is 11.6 Å². The minimum Gasteiger partial charge on any atom is -0.497 e. The van der Waals surface area contributed by atoms with Crippen molar-refractivity contribution in [1.29, 1.82) is 0 Å². The van der Waals surface area contributed by atoms with E-state index in [9.17, 15) is 14.3 Å². The summed E-state index contributed by atoms with van der Waals surface area (Å²) in [4.78, 5) is 11.7. The second kappa shape index (κ2) is 9.42. The number of methoxy groups -OCH3 is 1. The first-order valence-electron chi connectivity index (χ1n) is 11.6. The van der Waals surface area contributed by atoms with Gasteiger partial charge in [0.15, 0.2) is 17.6 Å². The normalized spacial score (nSPS) is 18.6. The summed E-state index contributed by atoms with van der Waals surface area (Å²) in [5.41, 5.74) is 2.67. The van der Waals surface area contributed by atoms with E-state index in [-0.39, 0.29) is 11.7 Å². The molecule has 3 aromatic rings. The number of hydrogen-bond acceptors (Lipinski definition) is 4. The van der Waals surface area contributed by atoms with Crippen LogP contribution in [0.15, 0.2) is 54.6 Å². The molecule has 5 nitrogen and oxygen atoms in total. The summed E-state index contributed by atoms with van der Waals surface area (Å²) < 4.78 is 31.9. The Morgan fingerprint density at radius 2 is 1.89 bits per heavy atom. The second-order valence-electron chi connectivity index (χ2n) is 9.20. The number of ether oxygens (including phenoxy) is 3. The fourth-order valence-electron chi connectivity index (χ4n) is 4.83. The minimum absolute atomic E-state index is 0.0618. The van der Waals surface area contributed by atoms with E-state index in [2.05, 4.69) is 0 Å². The molecule has 0 amide bonds. The number of aliphatic carboxylic acids is 1. The average Bonchev–Trinajstić information content (AvgIpc) is 3.69. The Kier molecular flexibility index (Phi) is 6.32. The lowest BCUT2D eigenvalue weighted by Gasteiger charge is -2.29. The number of carbonyl (C=O) groups is 1. The van der Waals surface area contributed by atoms with Crippen LogP contribution in [0.3, 0.4) is 0 Å². The standard InChI is InChI=1S/C28H26ClFO5/c1-15(28(31)32)27(16-3-4-16)18-6-10-24-25(12-18)35-26(14-34-24)17-5-8-20(22(29)11-17)21-13-19(33-2)7-9-23(21)30/h5-13,15-16,26-27H,3-4,14H2,1-2H3,(H,31,32)/t15-,26+,27+/m1/s1. The second-order valence-corrected chi connectivity index (χ2v) is 9.61. The average molecular weight is 497 g/mol. The zero-order chi connectivity index (χ0) is 24.7. The van der Waals surface area contributed by atoms with Crippen LogP contribution in [-0.4, -0.2) is 24.8 Å². The maximum Gasteiger partial charge on any atom is 0.306 e. The molecule has 182 valence electrons. The van der Waals surface area contributed by atoms with Gasteiger partial charge in [-0.2, -0.15) is 0 Å². The highest BCUT2D eigenvalue weighted by Gasteiger charge is 2.39. The summed E-state index contributed by atoms with van der Waals surface area (Å²) in [5, 5.41) is 9.99. The summed E-state index contributed by atoms with van der Waals surface area (Å²) in [6.07, 6.45) is 1.67. The number of carboxylic acids is 1. The van der Waals surface area contributed by atoms with Crippen molar-refractivity contribution in [2.45, 2.75) is 31.8 Å². The Morgan fingerprint density at radius 1 is 1.09 bits per heavy atom. The van der Waals surface area contributed by atoms with Gasteiger partial charge in [-0.05, 0) is 72.2 Å². The van der Waals surface area contributed by atoms with E-state index in [0.29, 0.717) is 45.9 Å². The van der Waals surface area contributed by atoms with Crippen LogP contribution < -0.4 is 14.2 Å². The van der Waals surface area contributed by atoms with Gasteiger partial charge in [0.05, 0.1) is 13.0 Å². The van der Waals surface area contributed by atoms with Crippen molar-refractivity contribution in [3.8, 4) is 28.4 Å². The van der Waals surface area contributed by atoms with Gasteiger partial charge in [-0.15, -0.1) is 0 Å². The van der Waals surface area contributed by atoms with E-state index in [1.807, 2.05) is 24.3 Å². The molecule has 3 aromatic carbocycles. The number of carboxylic acid groups (broad SMARTS) is 1. The van der Waals surface area contributed by atoms with Gasteiger partial charge in [-0.25, -0.2) is 4.39 Å². The van der Waals surface area contributed by atoms with Gasteiger partial charge in [0.25, 0.3) is 0 Å². The lowest BCUT2D eigenvalue weighted by Crippen LogP contribution is -2.23. The van der Waals surface area contributed by atoms with Gasteiger partial charge in [-0.1, -0.05) is 36.7 Å². The molecule has 35 heavy (non-hydrogen) atoms. The maximum atomic E-state index is 14.5. The van der Waals surface area contributed by atoms with Crippen LogP contribution in [0.1, 0.15) is 42.9 Å². The van der Waals surface area contributed by atoms with Gasteiger partial charge in [0, 0.05) is 16.1 Å². The number of hydrogen-bond donors (Lipinski definition) is 1. The van der Waals surface area contributed by atoms with Crippen LogP contribution in [0.2, 0.25) is 5.02 Å². The van der Waals surface area contributed by atoms with Crippen molar-refractivity contribution < 1.29 is 28.5 Å². The molecule has 1 saturated carbocycles. The minimum atomic E-state index is -0.795. The highest BCUT2D eigenvalue weighted by atomic mass is 35.5. The third-order valence-corrected chi connectivity index (χ3v) is 7.21. The Balaban J connectivity index is 1.41. The van der Waals surface area contributed by atoms with Crippen LogP contribution in [0.25, 0.3) is 11.1 Å². The number of rotatable bonds is 7. The number of halogens is 2. The van der Waals surface area contributed by atoms with E-state index < -0.39 is 18.0 Å². The number of fused-ring (bicyclic) bond motifs is 1. The third-order valence-electron chi connectivity index (χ3n) is 6.90. The van der Waals surface area contributed by atoms with E-state index in [0.717, 1.165) is 24.0 Å². The molecule has 0 bridgehead atoms. The molecule has 1 aliphatic heterocycles. The Morgan fingerprint density at radius 3 is 2.57 bits per heavy atom. The summed E-state index contributed by atoms with van der Waals surface area (Å²) in [5.74, 6) is 0.404. The molecule has 2 aliphatic rings. The molecule has 1 fully saturated rings. The molecule has 1 aliphatic carbocycles. The summed E-state index contributed by atoms with van der Waals surface area (Å²) >= 11 is 6.56. The zero-order valence-corrected chi connectivity index (χ0v) is 20.2. The third kappa shape index (κ3) is 4.67. The molecule has 5 rings (SSSR count). The van der Waals surface area contributed by atoms with Gasteiger partial charge in [-0.3, -0.25) is 4.79 Å². The lowest BCUT2D eigenvalue weighted by molar-refractivity contribution is -0.142. The smallest absolute Gasteiger partial charge is 0.306 e. The van der Waals surface area contributed by atoms with Gasteiger partial charge < -0.3 is 19.3 Å². The van der Waals surface area contributed by atoms with Crippen molar-refractivity contribution >= 4 is 17.6 Å². The largest absolute Gasteiger partial charge is 0.497 e. The van der Waals surface area contributed by atoms with Crippen LogP contribution in [0.4, 0.5) is 4.39 Å². The topological polar surface area (TPSA) is 65.0 Å². The first kappa shape index (κ1) is 23.5. The van der Waals surface area contributed by atoms with Crippen LogP contribution in [-0.2, 0) is 4.79 Å². The predicted molar refractivity (Wildman–Crippen MR) is 131 cm³/mol. The van der Waals surface area contributed by atoms with Crippen molar-refractivity contribution in [1.82, 2.24) is 0 Å². The van der Waals surface area contributed by atoms with Gasteiger partial charge in [0.2, 0.25) is 0 Å². The van der Waals surface area contributed by atoms with Crippen LogP contribution in [0.5, 0.6) is 17.2 Å². The maximum absolute atomic E-state index is 14.5. The fourth-order valence-corrected chi connectivity index (χ4v) is 5.12. The molecule has 3 atom stereocenters. The van der Waals surface area contributed by atoms with E-state index in [1.165, 1.54) is 13.2 Å². The number of benzene rings is 3. The molecule has 0 radical (unpaired) electrons. The van der Waals surface area contributed by atoms with E-state index in [4.69, 9.17) is 25.8 Å². The highest BCUT2D eigenvalue weighted by Crippen LogP contribution is 2.49. The molecular weight excluding hydrogens is 471 g/mol. The quantitative estimate of drug-likeness (QED) is 0.386. The molecular formula is C28H26ClFO5. The molecule has 1 N–H and O–H groups in total. The van der Waals surface area contributed by atoms with Crippen molar-refractivity contribution in [2.24, 2.45) is 11.8 Å². The zero-order valence-electron chi connectivity index (χ0n) is 19.5. The van der Waals surface area contributed by atoms with E-state index in [1.54, 1.807) is 31.2 Å². The van der Waals surface area contributed by atoms with Gasteiger partial charge >= 0.3 is 5.97 Å². The Bertz CT molecular complexity index is 1270. The van der Waals surface area contributed by atoms with E-state index >= 15 is 0 Å². The van der Waals surface area contributed by atoms with Crippen molar-refractivity contribution in [2.75, 3.05) is 13.7 Å². The van der Waals surface area contributed by atoms with Crippen molar-refractivity contribution in [3.05, 3.63) is 76.6 Å². The highest BCUT2D eigenvalue weighted by molar-refractivity contribution is 6.33. The molecule has 0 unspecified atom stereocenters. The first-order chi connectivity index (χ1) is 16.9. The van der Waals surface area contributed by atoms with Gasteiger partial charge in [0.1, 0.15) is 18.2 Å². The first-order valence-corrected chi connectivity index (χ1v) is 12.0. The fraction of sp³-hybridized carbons (Fsp3) is 0.321. The summed E-state index contributed by atoms with van der Waals surface area (Å²) in [6.45, 7) is 2.06. The SMILES string of the molecule is COc1ccc(F)c(-c2ccc([C@@H]3COc4ccc([C@H](C5CC5)[C@@H](C)C(=O)O)cc4O3)cc2Cl)c1. The molecule has 1 heterocycles. The van der Waals surface area contributed by atoms with Crippen molar-refractivity contribution in [3.63, 3.8) is 0 Å². The van der Waals surface area contributed by atoms with Crippen LogP contribution in [0, 0.1) is 17.7 Å². The summed E-state index contributed by atoms with van der Waals surface area (Å²) in [6, 6.07) is 15.6. The molecule has 0 saturated heterocycles. The predicted octanol–water partition coefficient (Wildman–Crippen LogP) is 6.88. The Labute approximate surface area is 208 Å². The lowest BCUT2D eigenvalue weighted by atomic mass is 9.83. The molecule has 0 aromatic heterocycles. The monoisotopic (exact) mass is 496 g/mol. The summed E-state index contributed by atoms with van der Waals surface area (Å²) in [7, 11) is 1.53.